The van der Waals surface area contributed by atoms with E-state index in [-0.39, 0.29) is 23.1 Å². The molecule has 0 saturated carbocycles. The van der Waals surface area contributed by atoms with E-state index in [0.29, 0.717) is 16.9 Å². The highest BCUT2D eigenvalue weighted by Crippen LogP contribution is 2.32. The Hall–Kier alpha value is -3.88. The zero-order chi connectivity index (χ0) is 18.5. The Morgan fingerprint density at radius 1 is 1.04 bits per heavy atom. The molecule has 9 nitrogen and oxygen atoms in total. The van der Waals surface area contributed by atoms with Gasteiger partial charge in [0, 0.05) is 17.4 Å². The van der Waals surface area contributed by atoms with Crippen molar-refractivity contribution in [2.75, 3.05) is 10.6 Å². The van der Waals surface area contributed by atoms with Crippen molar-refractivity contribution in [2.45, 2.75) is 6.92 Å². The molecule has 0 aliphatic heterocycles. The Bertz CT molecular complexity index is 944. The molecule has 26 heavy (non-hydrogen) atoms. The van der Waals surface area contributed by atoms with Crippen LogP contribution in [0, 0.1) is 10.1 Å². The van der Waals surface area contributed by atoms with Crippen LogP contribution in [-0.4, -0.2) is 25.7 Å². The number of aromatic nitrogens is 3. The topological polar surface area (TPSA) is 123 Å². The minimum atomic E-state index is -0.565. The Kier molecular flexibility index (Phi) is 4.79. The molecule has 0 saturated heterocycles. The monoisotopic (exact) mass is 350 g/mol. The largest absolute Gasteiger partial charge is 0.353 e. The number of carbonyl (C=O) groups excluding carboxylic acids is 1. The lowest BCUT2D eigenvalue weighted by Gasteiger charge is -2.10. The van der Waals surface area contributed by atoms with Crippen molar-refractivity contribution in [1.29, 1.82) is 0 Å². The number of hydrogen-bond acceptors (Lipinski definition) is 8. The minimum absolute atomic E-state index is 0.0342. The van der Waals surface area contributed by atoms with Crippen LogP contribution in [0.25, 0.3) is 0 Å². The van der Waals surface area contributed by atoms with Crippen molar-refractivity contribution >= 4 is 34.5 Å². The summed E-state index contributed by atoms with van der Waals surface area (Å²) in [5.41, 5.74) is 1.37. The molecule has 130 valence electrons. The first-order valence-corrected chi connectivity index (χ1v) is 7.59. The molecule has 0 amide bonds. The molecule has 0 atom stereocenters. The average molecular weight is 350 g/mol. The molecule has 2 aromatic heterocycles. The third-order valence-electron chi connectivity index (χ3n) is 3.48. The second-order valence-electron chi connectivity index (χ2n) is 5.30. The van der Waals surface area contributed by atoms with Gasteiger partial charge in [0.25, 0.3) is 0 Å². The summed E-state index contributed by atoms with van der Waals surface area (Å²) in [7, 11) is 0. The summed E-state index contributed by atoms with van der Waals surface area (Å²) in [4.78, 5) is 34.2. The quantitative estimate of drug-likeness (QED) is 0.393. The van der Waals surface area contributed by atoms with Gasteiger partial charge in [0.05, 0.1) is 16.8 Å². The van der Waals surface area contributed by atoms with Crippen LogP contribution in [0.1, 0.15) is 17.3 Å². The van der Waals surface area contributed by atoms with Gasteiger partial charge in [-0.15, -0.1) is 0 Å². The summed E-state index contributed by atoms with van der Waals surface area (Å²) in [6.45, 7) is 1.47. The second kappa shape index (κ2) is 7.34. The highest BCUT2D eigenvalue weighted by molar-refractivity contribution is 5.94. The van der Waals surface area contributed by atoms with Crippen molar-refractivity contribution in [3.05, 3.63) is 70.8 Å². The van der Waals surface area contributed by atoms with Gasteiger partial charge in [-0.2, -0.15) is 0 Å². The van der Waals surface area contributed by atoms with Gasteiger partial charge in [-0.1, -0.05) is 0 Å². The van der Waals surface area contributed by atoms with Crippen LogP contribution in [0.15, 0.2) is 55.1 Å². The molecule has 1 aromatic carbocycles. The van der Waals surface area contributed by atoms with E-state index in [4.69, 9.17) is 0 Å². The number of Topliss-reactive ketones (excluding diaryl/α,β-unsaturated/α-hetero) is 1. The van der Waals surface area contributed by atoms with E-state index >= 15 is 0 Å². The smallest absolute Gasteiger partial charge is 0.334 e. The van der Waals surface area contributed by atoms with Crippen molar-refractivity contribution in [2.24, 2.45) is 0 Å². The number of pyridine rings is 1. The Labute approximate surface area is 148 Å². The molecule has 0 aliphatic carbocycles. The third-order valence-corrected chi connectivity index (χ3v) is 3.48. The number of nitrogens with one attached hydrogen (secondary N) is 2. The molecule has 0 bridgehead atoms. The fourth-order valence-electron chi connectivity index (χ4n) is 2.23. The fourth-order valence-corrected chi connectivity index (χ4v) is 2.23. The normalized spacial score (nSPS) is 10.2. The summed E-state index contributed by atoms with van der Waals surface area (Å²) in [5, 5.41) is 17.3. The number of nitro groups is 1. The van der Waals surface area contributed by atoms with E-state index in [0.717, 1.165) is 0 Å². The molecule has 0 fully saturated rings. The molecule has 3 aromatic rings. The lowest BCUT2D eigenvalue weighted by Crippen LogP contribution is -2.05. The van der Waals surface area contributed by atoms with E-state index < -0.39 is 4.92 Å². The lowest BCUT2D eigenvalue weighted by molar-refractivity contribution is -0.383. The summed E-state index contributed by atoms with van der Waals surface area (Å²) >= 11 is 0. The van der Waals surface area contributed by atoms with Crippen molar-refractivity contribution in [3.63, 3.8) is 0 Å². The van der Waals surface area contributed by atoms with Crippen LogP contribution in [0.2, 0.25) is 0 Å². The number of benzene rings is 1. The maximum Gasteiger partial charge on any atom is 0.353 e. The van der Waals surface area contributed by atoms with Crippen molar-refractivity contribution < 1.29 is 9.72 Å². The number of ketones is 1. The van der Waals surface area contributed by atoms with Crippen molar-refractivity contribution in [1.82, 2.24) is 15.0 Å². The van der Waals surface area contributed by atoms with E-state index in [1.54, 1.807) is 42.6 Å². The van der Waals surface area contributed by atoms with Gasteiger partial charge in [0.1, 0.15) is 6.33 Å². The molecular formula is C17H14N6O3. The molecule has 0 aliphatic rings. The minimum Gasteiger partial charge on any atom is -0.334 e. The first-order valence-electron chi connectivity index (χ1n) is 7.59. The third kappa shape index (κ3) is 3.78. The Morgan fingerprint density at radius 2 is 1.69 bits per heavy atom. The molecule has 3 rings (SSSR count). The van der Waals surface area contributed by atoms with Crippen LogP contribution in [0.4, 0.5) is 28.7 Å². The van der Waals surface area contributed by atoms with E-state index in [2.05, 4.69) is 25.6 Å². The first kappa shape index (κ1) is 17.0. The predicted octanol–water partition coefficient (Wildman–Crippen LogP) is 3.47. The van der Waals surface area contributed by atoms with Crippen LogP contribution in [0.5, 0.6) is 0 Å². The summed E-state index contributed by atoms with van der Waals surface area (Å²) in [6, 6.07) is 9.98. The Morgan fingerprint density at radius 3 is 2.23 bits per heavy atom. The number of anilines is 4. The molecule has 0 spiro atoms. The van der Waals surface area contributed by atoms with Gasteiger partial charge < -0.3 is 10.6 Å². The fraction of sp³-hybridized carbons (Fsp3) is 0.0588. The van der Waals surface area contributed by atoms with Crippen LogP contribution in [0.3, 0.4) is 0 Å². The predicted molar refractivity (Wildman–Crippen MR) is 95.9 cm³/mol. The van der Waals surface area contributed by atoms with Gasteiger partial charge in [-0.3, -0.25) is 19.9 Å². The van der Waals surface area contributed by atoms with Gasteiger partial charge in [-0.25, -0.2) is 9.97 Å². The standard InChI is InChI=1S/C17H14N6O3/c1-11(24)12-4-6-13(7-5-12)21-16-15(23(25)26)17(20-10-19-16)22-14-3-2-8-18-9-14/h2-10H,1H3,(H2,19,20,21,22). The van der Waals surface area contributed by atoms with Crippen LogP contribution in [-0.2, 0) is 0 Å². The van der Waals surface area contributed by atoms with Gasteiger partial charge in [0.15, 0.2) is 5.78 Å². The van der Waals surface area contributed by atoms with E-state index in [1.165, 1.54) is 19.4 Å². The highest BCUT2D eigenvalue weighted by Gasteiger charge is 2.23. The molecule has 2 N–H and O–H groups in total. The number of nitrogens with zero attached hydrogens (tertiary/aromatic N) is 4. The van der Waals surface area contributed by atoms with Crippen LogP contribution >= 0.6 is 0 Å². The molecular weight excluding hydrogens is 336 g/mol. The SMILES string of the molecule is CC(=O)c1ccc(Nc2ncnc(Nc3cccnc3)c2[N+](=O)[O-])cc1. The van der Waals surface area contributed by atoms with Crippen molar-refractivity contribution in [3.8, 4) is 0 Å². The summed E-state index contributed by atoms with van der Waals surface area (Å²) in [6.07, 6.45) is 4.34. The number of hydrogen-bond donors (Lipinski definition) is 2. The summed E-state index contributed by atoms with van der Waals surface area (Å²) < 4.78 is 0. The van der Waals surface area contributed by atoms with E-state index in [9.17, 15) is 14.9 Å². The maximum atomic E-state index is 11.6. The zero-order valence-electron chi connectivity index (χ0n) is 13.7. The second-order valence-corrected chi connectivity index (χ2v) is 5.30. The number of rotatable bonds is 6. The molecule has 0 radical (unpaired) electrons. The lowest BCUT2D eigenvalue weighted by atomic mass is 10.1. The van der Waals surface area contributed by atoms with Gasteiger partial charge >= 0.3 is 5.69 Å². The summed E-state index contributed by atoms with van der Waals surface area (Å²) in [5.74, 6) is 0.0142. The molecule has 9 heteroatoms. The molecule has 0 unspecified atom stereocenters. The Balaban J connectivity index is 1.92. The van der Waals surface area contributed by atoms with Gasteiger partial charge in [0.2, 0.25) is 11.6 Å². The molecule has 2 heterocycles. The van der Waals surface area contributed by atoms with E-state index in [1.807, 2.05) is 0 Å². The first-order chi connectivity index (χ1) is 12.5. The maximum absolute atomic E-state index is 11.6. The van der Waals surface area contributed by atoms with Gasteiger partial charge in [-0.05, 0) is 43.3 Å². The highest BCUT2D eigenvalue weighted by atomic mass is 16.6. The zero-order valence-corrected chi connectivity index (χ0v) is 13.7. The van der Waals surface area contributed by atoms with Crippen LogP contribution < -0.4 is 10.6 Å². The average Bonchev–Trinajstić information content (AvgIpc) is 2.63. The number of carbonyl (C=O) groups is 1.